The van der Waals surface area contributed by atoms with E-state index in [-0.39, 0.29) is 42.9 Å². The molecule has 4 aromatic heterocycles. The number of nitrogens with one attached hydrogen (secondary N) is 1. The van der Waals surface area contributed by atoms with Gasteiger partial charge in [-0.2, -0.15) is 14.6 Å². The Morgan fingerprint density at radius 2 is 1.98 bits per heavy atom. The molecule has 44 heavy (non-hydrogen) atoms. The minimum absolute atomic E-state index is 0.00860. The van der Waals surface area contributed by atoms with Gasteiger partial charge in [0.25, 0.3) is 5.56 Å². The number of H-pyrrole nitrogens is 1. The number of hydrogen-bond donors (Lipinski definition) is 6. The standard InChI is InChI=1S/C19H23N11O9P2S3/c20-18-25-15-10(16(32)26-18)27-28-29(15)17-13-11(31)9(44-17)4-37-41(34,43)38-12-7(2-35-8(12)3-36-40(33,42)39-13)6-1-24-30-14(6)22-5-23-19(30)21/h1,5,7-9,11-13,17,31H,2-4H2,(H,33,42)(H,34,43)(H2,21,22,23)(H3,20,25,26,32)/t7?,8-,9-,11-,12+,13-,17-,40?,41?/m1/s1. The van der Waals surface area contributed by atoms with Crippen molar-refractivity contribution in [3.8, 4) is 0 Å². The van der Waals surface area contributed by atoms with E-state index in [0.717, 1.165) is 11.8 Å². The zero-order valence-corrected chi connectivity index (χ0v) is 26.3. The summed E-state index contributed by atoms with van der Waals surface area (Å²) < 4.78 is 45.1. The number of nitrogen functional groups attached to an aromatic ring is 2. The van der Waals surface area contributed by atoms with Crippen molar-refractivity contribution < 1.29 is 37.4 Å². The van der Waals surface area contributed by atoms with Gasteiger partial charge in [0.05, 0.1) is 37.4 Å². The Labute approximate surface area is 260 Å². The van der Waals surface area contributed by atoms with Gasteiger partial charge in [0.15, 0.2) is 16.8 Å². The molecule has 25 heteroatoms. The van der Waals surface area contributed by atoms with Gasteiger partial charge >= 0.3 is 13.5 Å². The van der Waals surface area contributed by atoms with Crippen molar-refractivity contribution in [2.45, 2.75) is 41.0 Å². The number of nitrogens with zero attached hydrogens (tertiary/aromatic N) is 8. The van der Waals surface area contributed by atoms with Crippen LogP contribution in [0.1, 0.15) is 16.9 Å². The zero-order valence-electron chi connectivity index (χ0n) is 22.0. The topological polar surface area (TPSA) is 275 Å². The fraction of sp³-hybridized carbons (Fsp3) is 0.526. The molecule has 20 nitrogen and oxygen atoms in total. The van der Waals surface area contributed by atoms with Gasteiger partial charge in [-0.1, -0.05) is 17.5 Å². The van der Waals surface area contributed by atoms with Crippen LogP contribution in [-0.2, 0) is 39.2 Å². The average molecular weight is 708 g/mol. The van der Waals surface area contributed by atoms with E-state index in [4.69, 9.17) is 46.1 Å². The summed E-state index contributed by atoms with van der Waals surface area (Å²) in [6, 6.07) is 0. The molecule has 0 amide bonds. The Bertz CT molecular complexity index is 1910. The highest BCUT2D eigenvalue weighted by Crippen LogP contribution is 2.60. The van der Waals surface area contributed by atoms with E-state index in [0.29, 0.717) is 11.2 Å². The maximum Gasteiger partial charge on any atom is 0.386 e. The highest BCUT2D eigenvalue weighted by Gasteiger charge is 2.51. The predicted molar refractivity (Wildman–Crippen MR) is 159 cm³/mol. The lowest BCUT2D eigenvalue weighted by molar-refractivity contribution is 0.00225. The number of nitrogens with two attached hydrogens (primary N) is 2. The number of aromatic amines is 1. The SMILES string of the molecule is Nc1nc2c(nnn2[C@@H]2S[C@@H]3COP(O)(=S)O[C@H]4C(c5cnn6c(N)ncnc56)CO[C@@H]4COP(=O)(S)O[C@@H]2[C@@H]3O)c(=O)[nH]1. The molecule has 3 fully saturated rings. The summed E-state index contributed by atoms with van der Waals surface area (Å²) in [6.45, 7) is -8.86. The van der Waals surface area contributed by atoms with Gasteiger partial charge in [-0.3, -0.25) is 18.8 Å². The highest BCUT2D eigenvalue weighted by atomic mass is 32.7. The van der Waals surface area contributed by atoms with Crippen molar-refractivity contribution in [3.63, 3.8) is 0 Å². The summed E-state index contributed by atoms with van der Waals surface area (Å²) in [6.07, 6.45) is -1.77. The van der Waals surface area contributed by atoms with E-state index >= 15 is 0 Å². The molecule has 3 aliphatic heterocycles. The lowest BCUT2D eigenvalue weighted by atomic mass is 9.96. The van der Waals surface area contributed by atoms with E-state index in [1.807, 2.05) is 0 Å². The second kappa shape index (κ2) is 11.2. The first-order valence-corrected chi connectivity index (χ1v) is 18.9. The summed E-state index contributed by atoms with van der Waals surface area (Å²) in [5.74, 6) is -0.669. The van der Waals surface area contributed by atoms with Gasteiger partial charge in [0, 0.05) is 11.5 Å². The number of anilines is 2. The highest BCUT2D eigenvalue weighted by molar-refractivity contribution is 8.44. The Balaban J connectivity index is 1.21. The van der Waals surface area contributed by atoms with E-state index < -0.39 is 60.0 Å². The van der Waals surface area contributed by atoms with Crippen LogP contribution in [0, 0.1) is 0 Å². The Hall–Kier alpha value is -2.27. The van der Waals surface area contributed by atoms with Crippen LogP contribution < -0.4 is 17.0 Å². The molecule has 7 heterocycles. The molecule has 3 unspecified atom stereocenters. The molecule has 0 spiro atoms. The first-order chi connectivity index (χ1) is 20.9. The third-order valence-corrected chi connectivity index (χ3v) is 11.9. The van der Waals surface area contributed by atoms with Crippen LogP contribution in [0.5, 0.6) is 0 Å². The fourth-order valence-corrected chi connectivity index (χ4v) is 9.82. The second-order valence-corrected chi connectivity index (χ2v) is 17.0. The van der Waals surface area contributed by atoms with Gasteiger partial charge in [0.1, 0.15) is 30.0 Å². The van der Waals surface area contributed by atoms with Crippen LogP contribution in [0.15, 0.2) is 17.3 Å². The van der Waals surface area contributed by atoms with Crippen LogP contribution in [-0.4, -0.2) is 104 Å². The molecule has 2 bridgehead atoms. The fourth-order valence-electron chi connectivity index (χ4n) is 5.24. The first kappa shape index (κ1) is 30.4. The van der Waals surface area contributed by atoms with Gasteiger partial charge < -0.3 is 35.3 Å². The van der Waals surface area contributed by atoms with Crippen molar-refractivity contribution in [1.29, 1.82) is 0 Å². The molecule has 0 radical (unpaired) electrons. The van der Waals surface area contributed by atoms with Gasteiger partial charge in [-0.25, -0.2) is 19.2 Å². The molecular formula is C19H23N11O9P2S3. The van der Waals surface area contributed by atoms with E-state index in [1.54, 1.807) is 0 Å². The number of aliphatic hydroxyl groups excluding tert-OH is 1. The summed E-state index contributed by atoms with van der Waals surface area (Å²) >= 11 is 10.6. The minimum atomic E-state index is -4.22. The van der Waals surface area contributed by atoms with Gasteiger partial charge in [-0.05, 0) is 11.8 Å². The quantitative estimate of drug-likeness (QED) is 0.111. The number of aliphatic hydroxyl groups is 1. The van der Waals surface area contributed by atoms with Crippen LogP contribution in [0.4, 0.5) is 11.9 Å². The predicted octanol–water partition coefficient (Wildman–Crippen LogP) is -0.654. The minimum Gasteiger partial charge on any atom is -0.389 e. The van der Waals surface area contributed by atoms with Crippen LogP contribution in [0.2, 0.25) is 0 Å². The van der Waals surface area contributed by atoms with Gasteiger partial charge in [-0.15, -0.1) is 16.9 Å². The largest absolute Gasteiger partial charge is 0.389 e. The summed E-state index contributed by atoms with van der Waals surface area (Å²) in [5.41, 5.74) is 11.8. The monoisotopic (exact) mass is 707 g/mol. The van der Waals surface area contributed by atoms with Crippen molar-refractivity contribution >= 4 is 78.0 Å². The molecule has 236 valence electrons. The van der Waals surface area contributed by atoms with Crippen LogP contribution in [0.25, 0.3) is 16.8 Å². The van der Waals surface area contributed by atoms with Crippen LogP contribution in [0.3, 0.4) is 0 Å². The first-order valence-electron chi connectivity index (χ1n) is 12.7. The number of hydrogen-bond acceptors (Lipinski definition) is 18. The Morgan fingerprint density at radius 3 is 2.80 bits per heavy atom. The molecule has 0 aliphatic carbocycles. The third kappa shape index (κ3) is 5.43. The number of aromatic nitrogens is 9. The maximum absolute atomic E-state index is 13.5. The van der Waals surface area contributed by atoms with Crippen molar-refractivity contribution in [3.05, 3.63) is 28.4 Å². The second-order valence-electron chi connectivity index (χ2n) is 9.93. The normalized spacial score (nSPS) is 36.6. The summed E-state index contributed by atoms with van der Waals surface area (Å²) in [4.78, 5) is 38.1. The molecule has 0 aromatic carbocycles. The molecular weight excluding hydrogens is 684 g/mol. The number of thiol groups is 1. The van der Waals surface area contributed by atoms with E-state index in [1.165, 1.54) is 21.7 Å². The maximum atomic E-state index is 13.5. The van der Waals surface area contributed by atoms with E-state index in [9.17, 15) is 19.4 Å². The van der Waals surface area contributed by atoms with Crippen molar-refractivity contribution in [2.24, 2.45) is 0 Å². The molecule has 9 atom stereocenters. The number of ether oxygens (including phenoxy) is 1. The molecule has 4 aromatic rings. The van der Waals surface area contributed by atoms with Gasteiger partial charge in [0.2, 0.25) is 11.9 Å². The van der Waals surface area contributed by atoms with Crippen molar-refractivity contribution in [1.82, 2.24) is 44.5 Å². The number of rotatable bonds is 2. The molecule has 7 N–H and O–H groups in total. The lowest BCUT2D eigenvalue weighted by Crippen LogP contribution is -2.35. The lowest BCUT2D eigenvalue weighted by Gasteiger charge is -2.28. The zero-order chi connectivity index (χ0) is 31.0. The van der Waals surface area contributed by atoms with Crippen molar-refractivity contribution in [2.75, 3.05) is 31.3 Å². The average Bonchev–Trinajstić information content (AvgIpc) is 3.72. The molecule has 3 aliphatic rings. The summed E-state index contributed by atoms with van der Waals surface area (Å²) in [7, 11) is 0. The number of fused-ring (bicyclic) bond motifs is 5. The summed E-state index contributed by atoms with van der Waals surface area (Å²) in [5, 5.41) is 21.5. The Kier molecular flexibility index (Phi) is 7.74. The van der Waals surface area contributed by atoms with E-state index in [2.05, 4.69) is 47.6 Å². The Morgan fingerprint density at radius 1 is 1.16 bits per heavy atom. The molecule has 0 saturated carbocycles. The molecule has 3 saturated heterocycles. The third-order valence-electron chi connectivity index (χ3n) is 7.23. The number of thioether (sulfide) groups is 1. The molecule has 7 rings (SSSR count). The smallest absolute Gasteiger partial charge is 0.386 e. The van der Waals surface area contributed by atoms with Crippen LogP contribution >= 0.6 is 37.5 Å².